The standard InChI is InChI=1S/C20H24O4/c1-4-22-18(3)23-16-12-7-5-6-9-13-17(2)24-20(21)19-14-10-8-11-15-19/h8,10-11,14-15,17-18H,4,6,12,16H2,1-3H3. The Morgan fingerprint density at radius 1 is 1.08 bits per heavy atom. The molecule has 0 heterocycles. The van der Waals surface area contributed by atoms with E-state index < -0.39 is 6.10 Å². The number of rotatable bonds is 7. The quantitative estimate of drug-likeness (QED) is 0.333. The van der Waals surface area contributed by atoms with Gasteiger partial charge in [0.2, 0.25) is 0 Å². The van der Waals surface area contributed by atoms with E-state index in [1.807, 2.05) is 19.9 Å². The molecule has 0 aliphatic rings. The van der Waals surface area contributed by atoms with Crippen LogP contribution >= 0.6 is 0 Å². The van der Waals surface area contributed by atoms with Crippen LogP contribution in [0.2, 0.25) is 0 Å². The third kappa shape index (κ3) is 9.00. The highest BCUT2D eigenvalue weighted by molar-refractivity contribution is 5.89. The van der Waals surface area contributed by atoms with Gasteiger partial charge in [-0.3, -0.25) is 0 Å². The van der Waals surface area contributed by atoms with Gasteiger partial charge in [-0.2, -0.15) is 0 Å². The molecular formula is C20H24O4. The molecule has 1 aromatic rings. The fraction of sp³-hybridized carbons (Fsp3) is 0.450. The minimum Gasteiger partial charge on any atom is -0.446 e. The van der Waals surface area contributed by atoms with E-state index in [0.717, 1.165) is 0 Å². The highest BCUT2D eigenvalue weighted by atomic mass is 16.7. The van der Waals surface area contributed by atoms with Crippen LogP contribution in [-0.4, -0.2) is 31.6 Å². The van der Waals surface area contributed by atoms with Gasteiger partial charge in [-0.05, 0) is 32.9 Å². The van der Waals surface area contributed by atoms with E-state index in [4.69, 9.17) is 14.2 Å². The molecular weight excluding hydrogens is 304 g/mol. The molecule has 0 fully saturated rings. The van der Waals surface area contributed by atoms with Gasteiger partial charge in [-0.25, -0.2) is 4.79 Å². The Bertz CT molecular complexity index is 601. The number of hydrogen-bond acceptors (Lipinski definition) is 4. The van der Waals surface area contributed by atoms with Gasteiger partial charge in [0.15, 0.2) is 12.4 Å². The van der Waals surface area contributed by atoms with Crippen molar-refractivity contribution in [2.45, 2.75) is 46.0 Å². The molecule has 0 bridgehead atoms. The lowest BCUT2D eigenvalue weighted by atomic mass is 10.2. The first-order valence-corrected chi connectivity index (χ1v) is 8.06. The summed E-state index contributed by atoms with van der Waals surface area (Å²) in [5.41, 5.74) is 0.521. The molecule has 4 nitrogen and oxygen atoms in total. The first kappa shape index (κ1) is 19.8. The van der Waals surface area contributed by atoms with E-state index in [2.05, 4.69) is 23.7 Å². The summed E-state index contributed by atoms with van der Waals surface area (Å²) < 4.78 is 15.9. The lowest BCUT2D eigenvalue weighted by Crippen LogP contribution is -2.13. The summed E-state index contributed by atoms with van der Waals surface area (Å²) in [5, 5.41) is 0. The molecule has 0 aromatic heterocycles. The fourth-order valence-corrected chi connectivity index (χ4v) is 1.78. The molecule has 2 unspecified atom stereocenters. The third-order valence-electron chi connectivity index (χ3n) is 2.88. The maximum Gasteiger partial charge on any atom is 0.339 e. The van der Waals surface area contributed by atoms with Crippen LogP contribution < -0.4 is 0 Å². The first-order chi connectivity index (χ1) is 11.6. The molecule has 1 aromatic carbocycles. The van der Waals surface area contributed by atoms with E-state index in [0.29, 0.717) is 31.6 Å². The fourth-order valence-electron chi connectivity index (χ4n) is 1.78. The van der Waals surface area contributed by atoms with Crippen LogP contribution in [0.25, 0.3) is 0 Å². The summed E-state index contributed by atoms with van der Waals surface area (Å²) in [6.07, 6.45) is 0.415. The van der Waals surface area contributed by atoms with Crippen molar-refractivity contribution in [3.05, 3.63) is 35.9 Å². The van der Waals surface area contributed by atoms with Crippen LogP contribution in [-0.2, 0) is 14.2 Å². The van der Waals surface area contributed by atoms with Crippen LogP contribution in [0.1, 0.15) is 44.0 Å². The van der Waals surface area contributed by atoms with E-state index in [-0.39, 0.29) is 12.3 Å². The summed E-state index contributed by atoms with van der Waals surface area (Å²) in [7, 11) is 0. The van der Waals surface area contributed by atoms with Crippen molar-refractivity contribution < 1.29 is 19.0 Å². The van der Waals surface area contributed by atoms with Crippen LogP contribution in [0.3, 0.4) is 0 Å². The van der Waals surface area contributed by atoms with Crippen molar-refractivity contribution in [1.29, 1.82) is 0 Å². The highest BCUT2D eigenvalue weighted by Gasteiger charge is 2.08. The van der Waals surface area contributed by atoms with E-state index in [1.54, 1.807) is 31.2 Å². The van der Waals surface area contributed by atoms with Crippen molar-refractivity contribution in [3.63, 3.8) is 0 Å². The van der Waals surface area contributed by atoms with Gasteiger partial charge in [0, 0.05) is 13.0 Å². The molecule has 0 spiro atoms. The molecule has 2 atom stereocenters. The van der Waals surface area contributed by atoms with Gasteiger partial charge in [0.1, 0.15) is 0 Å². The van der Waals surface area contributed by atoms with Crippen LogP contribution in [0.5, 0.6) is 0 Å². The minimum atomic E-state index is -0.463. The number of carbonyl (C=O) groups excluding carboxylic acids is 1. The summed E-state index contributed by atoms with van der Waals surface area (Å²) >= 11 is 0. The molecule has 0 N–H and O–H groups in total. The minimum absolute atomic E-state index is 0.197. The largest absolute Gasteiger partial charge is 0.446 e. The molecule has 24 heavy (non-hydrogen) atoms. The number of ether oxygens (including phenoxy) is 3. The van der Waals surface area contributed by atoms with Gasteiger partial charge < -0.3 is 14.2 Å². The van der Waals surface area contributed by atoms with Crippen molar-refractivity contribution >= 4 is 5.97 Å². The summed E-state index contributed by atoms with van der Waals surface area (Å²) in [6.45, 7) is 6.70. The van der Waals surface area contributed by atoms with Crippen molar-refractivity contribution in [1.82, 2.24) is 0 Å². The zero-order valence-electron chi connectivity index (χ0n) is 14.5. The lowest BCUT2D eigenvalue weighted by Gasteiger charge is -2.10. The normalized spacial score (nSPS) is 12.1. The maximum absolute atomic E-state index is 11.8. The zero-order chi connectivity index (χ0) is 17.6. The Kier molecular flexibility index (Phi) is 10.0. The number of esters is 1. The van der Waals surface area contributed by atoms with Gasteiger partial charge in [0.25, 0.3) is 0 Å². The van der Waals surface area contributed by atoms with Crippen LogP contribution in [0, 0.1) is 23.7 Å². The second-order valence-corrected chi connectivity index (χ2v) is 4.91. The second-order valence-electron chi connectivity index (χ2n) is 4.91. The lowest BCUT2D eigenvalue weighted by molar-refractivity contribution is -0.125. The SMILES string of the molecule is CCOC(C)OCCC#CCC#CC(C)OC(=O)c1ccccc1. The Morgan fingerprint density at radius 2 is 1.83 bits per heavy atom. The molecule has 4 heteroatoms. The first-order valence-electron chi connectivity index (χ1n) is 8.06. The number of benzene rings is 1. The Hall–Kier alpha value is -2.27. The number of carbonyl (C=O) groups is 1. The Morgan fingerprint density at radius 3 is 2.54 bits per heavy atom. The molecule has 128 valence electrons. The van der Waals surface area contributed by atoms with Gasteiger partial charge in [-0.1, -0.05) is 41.9 Å². The zero-order valence-corrected chi connectivity index (χ0v) is 14.5. The van der Waals surface area contributed by atoms with Crippen molar-refractivity contribution in [2.24, 2.45) is 0 Å². The van der Waals surface area contributed by atoms with Crippen molar-refractivity contribution in [3.8, 4) is 23.7 Å². The predicted octanol–water partition coefficient (Wildman–Crippen LogP) is 3.42. The summed E-state index contributed by atoms with van der Waals surface area (Å²) in [4.78, 5) is 11.8. The van der Waals surface area contributed by atoms with E-state index in [1.165, 1.54) is 0 Å². The smallest absolute Gasteiger partial charge is 0.339 e. The maximum atomic E-state index is 11.8. The molecule has 0 aliphatic carbocycles. The van der Waals surface area contributed by atoms with E-state index in [9.17, 15) is 4.79 Å². The average Bonchev–Trinajstić information content (AvgIpc) is 2.58. The molecule has 0 saturated heterocycles. The highest BCUT2D eigenvalue weighted by Crippen LogP contribution is 2.03. The number of hydrogen-bond donors (Lipinski definition) is 0. The molecule has 1 rings (SSSR count). The molecule has 0 saturated carbocycles. The van der Waals surface area contributed by atoms with Gasteiger partial charge in [-0.15, -0.1) is 0 Å². The second kappa shape index (κ2) is 12.2. The molecule has 0 radical (unpaired) electrons. The monoisotopic (exact) mass is 328 g/mol. The van der Waals surface area contributed by atoms with Crippen LogP contribution in [0.4, 0.5) is 0 Å². The van der Waals surface area contributed by atoms with E-state index >= 15 is 0 Å². The Labute approximate surface area is 144 Å². The topological polar surface area (TPSA) is 44.8 Å². The third-order valence-corrected chi connectivity index (χ3v) is 2.88. The Balaban J connectivity index is 2.22. The molecule has 0 aliphatic heterocycles. The summed E-state index contributed by atoms with van der Waals surface area (Å²) in [5.74, 6) is 11.3. The average molecular weight is 328 g/mol. The van der Waals surface area contributed by atoms with Gasteiger partial charge >= 0.3 is 5.97 Å². The predicted molar refractivity (Wildman–Crippen MR) is 93.1 cm³/mol. The molecule has 0 amide bonds. The van der Waals surface area contributed by atoms with Gasteiger partial charge in [0.05, 0.1) is 18.6 Å². The summed E-state index contributed by atoms with van der Waals surface area (Å²) in [6, 6.07) is 8.86. The van der Waals surface area contributed by atoms with Crippen molar-refractivity contribution in [2.75, 3.05) is 13.2 Å². The van der Waals surface area contributed by atoms with Crippen LogP contribution in [0.15, 0.2) is 30.3 Å².